The molecule has 0 saturated heterocycles. The van der Waals surface area contributed by atoms with E-state index < -0.39 is 0 Å². The lowest BCUT2D eigenvalue weighted by Gasteiger charge is -2.25. The van der Waals surface area contributed by atoms with Crippen LogP contribution in [-0.4, -0.2) is 42.9 Å². The fourth-order valence-corrected chi connectivity index (χ4v) is 2.69. The van der Waals surface area contributed by atoms with Crippen molar-refractivity contribution in [3.8, 4) is 11.5 Å². The van der Waals surface area contributed by atoms with Crippen molar-refractivity contribution in [3.63, 3.8) is 0 Å². The van der Waals surface area contributed by atoms with Crippen LogP contribution in [0.1, 0.15) is 38.2 Å². The number of nitrogens with zero attached hydrogens (tertiary/aromatic N) is 1. The quantitative estimate of drug-likeness (QED) is 0.760. The Balaban J connectivity index is 2.03. The van der Waals surface area contributed by atoms with Gasteiger partial charge in [0.1, 0.15) is 0 Å². The molecule has 0 aliphatic heterocycles. The summed E-state index contributed by atoms with van der Waals surface area (Å²) in [7, 11) is 3.31. The van der Waals surface area contributed by atoms with Gasteiger partial charge in [0.15, 0.2) is 11.5 Å². The fourth-order valence-electron chi connectivity index (χ4n) is 2.69. The van der Waals surface area contributed by atoms with Crippen molar-refractivity contribution in [1.29, 1.82) is 0 Å². The summed E-state index contributed by atoms with van der Waals surface area (Å²) >= 11 is 0. The number of aliphatic hydroxyl groups is 1. The van der Waals surface area contributed by atoms with Crippen molar-refractivity contribution in [2.45, 2.75) is 51.3 Å². The molecule has 1 saturated carbocycles. The van der Waals surface area contributed by atoms with Crippen molar-refractivity contribution in [2.75, 3.05) is 20.8 Å². The monoisotopic (exact) mass is 293 g/mol. The molecule has 1 aliphatic rings. The third-order valence-corrected chi connectivity index (χ3v) is 3.96. The largest absolute Gasteiger partial charge is 0.493 e. The minimum Gasteiger partial charge on any atom is -0.493 e. The van der Waals surface area contributed by atoms with E-state index in [4.69, 9.17) is 9.47 Å². The van der Waals surface area contributed by atoms with Crippen LogP contribution in [-0.2, 0) is 6.54 Å². The van der Waals surface area contributed by atoms with E-state index in [9.17, 15) is 5.11 Å². The highest BCUT2D eigenvalue weighted by Gasteiger charge is 2.30. The molecule has 0 radical (unpaired) electrons. The molecule has 1 aliphatic carbocycles. The second kappa shape index (κ2) is 7.66. The Hall–Kier alpha value is -1.26. The molecule has 1 aromatic rings. The molecule has 1 N–H and O–H groups in total. The van der Waals surface area contributed by atoms with E-state index in [2.05, 4.69) is 17.9 Å². The molecule has 118 valence electrons. The Bertz CT molecular complexity index is 446. The van der Waals surface area contributed by atoms with Gasteiger partial charge in [-0.2, -0.15) is 0 Å². The van der Waals surface area contributed by atoms with Gasteiger partial charge >= 0.3 is 0 Å². The van der Waals surface area contributed by atoms with E-state index in [0.717, 1.165) is 37.4 Å². The van der Waals surface area contributed by atoms with Crippen LogP contribution in [0.5, 0.6) is 11.5 Å². The summed E-state index contributed by atoms with van der Waals surface area (Å²) in [6.45, 7) is 3.72. The van der Waals surface area contributed by atoms with Crippen LogP contribution in [0.2, 0.25) is 0 Å². The molecule has 2 rings (SSSR count). The van der Waals surface area contributed by atoms with E-state index in [1.807, 2.05) is 12.1 Å². The lowest BCUT2D eigenvalue weighted by atomic mass is 10.1. The Morgan fingerprint density at radius 3 is 2.52 bits per heavy atom. The molecule has 4 heteroatoms. The number of ether oxygens (including phenoxy) is 2. The Morgan fingerprint density at radius 2 is 1.95 bits per heavy atom. The first-order valence-corrected chi connectivity index (χ1v) is 7.81. The molecular weight excluding hydrogens is 266 g/mol. The number of rotatable bonds is 9. The van der Waals surface area contributed by atoms with Gasteiger partial charge in [0.2, 0.25) is 0 Å². The van der Waals surface area contributed by atoms with Crippen LogP contribution in [0.25, 0.3) is 0 Å². The van der Waals surface area contributed by atoms with Crippen molar-refractivity contribution in [1.82, 2.24) is 4.90 Å². The number of benzene rings is 1. The Morgan fingerprint density at radius 1 is 1.24 bits per heavy atom. The van der Waals surface area contributed by atoms with Crippen LogP contribution < -0.4 is 9.47 Å². The SMILES string of the molecule is CCCC(O)CN(Cc1ccc(OC)c(OC)c1)C1CC1. The van der Waals surface area contributed by atoms with Gasteiger partial charge in [0.25, 0.3) is 0 Å². The highest BCUT2D eigenvalue weighted by atomic mass is 16.5. The average molecular weight is 293 g/mol. The van der Waals surface area contributed by atoms with Gasteiger partial charge in [-0.15, -0.1) is 0 Å². The van der Waals surface area contributed by atoms with Gasteiger partial charge in [-0.25, -0.2) is 0 Å². The maximum Gasteiger partial charge on any atom is 0.161 e. The van der Waals surface area contributed by atoms with Crippen molar-refractivity contribution in [2.24, 2.45) is 0 Å². The highest BCUT2D eigenvalue weighted by Crippen LogP contribution is 2.31. The first-order chi connectivity index (χ1) is 10.2. The van der Waals surface area contributed by atoms with Gasteiger partial charge in [-0.05, 0) is 37.0 Å². The van der Waals surface area contributed by atoms with Crippen molar-refractivity contribution < 1.29 is 14.6 Å². The Labute approximate surface area is 127 Å². The lowest BCUT2D eigenvalue weighted by Crippen LogP contribution is -2.33. The standard InChI is InChI=1S/C17H27NO3/c1-4-5-15(19)12-18(14-7-8-14)11-13-6-9-16(20-2)17(10-13)21-3/h6,9-10,14-15,19H,4-5,7-8,11-12H2,1-3H3. The normalized spacial score (nSPS) is 16.0. The van der Waals surface area contributed by atoms with Crippen molar-refractivity contribution >= 4 is 0 Å². The lowest BCUT2D eigenvalue weighted by molar-refractivity contribution is 0.0966. The van der Waals surface area contributed by atoms with E-state index in [0.29, 0.717) is 6.04 Å². The van der Waals surface area contributed by atoms with Crippen LogP contribution in [0.15, 0.2) is 18.2 Å². The summed E-state index contributed by atoms with van der Waals surface area (Å²) in [4.78, 5) is 2.39. The Kier molecular flexibility index (Phi) is 5.88. The molecule has 0 bridgehead atoms. The van der Waals surface area contributed by atoms with Gasteiger partial charge < -0.3 is 14.6 Å². The van der Waals surface area contributed by atoms with Crippen molar-refractivity contribution in [3.05, 3.63) is 23.8 Å². The molecule has 1 aromatic carbocycles. The summed E-state index contributed by atoms with van der Waals surface area (Å²) < 4.78 is 10.6. The summed E-state index contributed by atoms with van der Waals surface area (Å²) in [5, 5.41) is 10.1. The van der Waals surface area contributed by atoms with E-state index in [-0.39, 0.29) is 6.10 Å². The zero-order valence-corrected chi connectivity index (χ0v) is 13.3. The zero-order chi connectivity index (χ0) is 15.2. The number of hydrogen-bond donors (Lipinski definition) is 1. The van der Waals surface area contributed by atoms with Crippen LogP contribution in [0.4, 0.5) is 0 Å². The maximum atomic E-state index is 10.1. The smallest absolute Gasteiger partial charge is 0.161 e. The third-order valence-electron chi connectivity index (χ3n) is 3.96. The van der Waals surface area contributed by atoms with Gasteiger partial charge in [0.05, 0.1) is 20.3 Å². The molecular formula is C17H27NO3. The van der Waals surface area contributed by atoms with Crippen LogP contribution >= 0.6 is 0 Å². The molecule has 1 fully saturated rings. The number of hydrogen-bond acceptors (Lipinski definition) is 4. The zero-order valence-electron chi connectivity index (χ0n) is 13.3. The third kappa shape index (κ3) is 4.61. The van der Waals surface area contributed by atoms with Gasteiger partial charge in [-0.3, -0.25) is 4.90 Å². The summed E-state index contributed by atoms with van der Waals surface area (Å²) in [6.07, 6.45) is 4.15. The molecule has 0 aromatic heterocycles. The topological polar surface area (TPSA) is 41.9 Å². The van der Waals surface area contributed by atoms with Gasteiger partial charge in [0, 0.05) is 19.1 Å². The average Bonchev–Trinajstić information content (AvgIpc) is 3.31. The molecule has 1 unspecified atom stereocenters. The summed E-state index contributed by atoms with van der Waals surface area (Å²) in [6, 6.07) is 6.68. The minimum absolute atomic E-state index is 0.226. The highest BCUT2D eigenvalue weighted by molar-refractivity contribution is 5.42. The summed E-state index contributed by atoms with van der Waals surface area (Å²) in [5.74, 6) is 1.52. The van der Waals surface area contributed by atoms with E-state index in [1.54, 1.807) is 14.2 Å². The molecule has 0 amide bonds. The van der Waals surface area contributed by atoms with E-state index in [1.165, 1.54) is 18.4 Å². The van der Waals surface area contributed by atoms with Crippen LogP contribution in [0, 0.1) is 0 Å². The second-order valence-electron chi connectivity index (χ2n) is 5.79. The fraction of sp³-hybridized carbons (Fsp3) is 0.647. The van der Waals surface area contributed by atoms with Gasteiger partial charge in [-0.1, -0.05) is 19.4 Å². The molecule has 1 atom stereocenters. The summed E-state index contributed by atoms with van der Waals surface area (Å²) in [5.41, 5.74) is 1.20. The minimum atomic E-state index is -0.226. The number of methoxy groups -OCH3 is 2. The molecule has 0 heterocycles. The maximum absolute atomic E-state index is 10.1. The predicted molar refractivity (Wildman–Crippen MR) is 83.9 cm³/mol. The first-order valence-electron chi connectivity index (χ1n) is 7.81. The molecule has 4 nitrogen and oxygen atoms in total. The predicted octanol–water partition coefficient (Wildman–Crippen LogP) is 2.83. The molecule has 0 spiro atoms. The molecule has 21 heavy (non-hydrogen) atoms. The first kappa shape index (κ1) is 16.1. The number of aliphatic hydroxyl groups excluding tert-OH is 1. The van der Waals surface area contributed by atoms with Crippen LogP contribution in [0.3, 0.4) is 0 Å². The van der Waals surface area contributed by atoms with E-state index >= 15 is 0 Å². The second-order valence-corrected chi connectivity index (χ2v) is 5.79.